The average Bonchev–Trinajstić information content (AvgIpc) is 2.73. The van der Waals surface area contributed by atoms with Crippen molar-refractivity contribution >= 4 is 34.5 Å². The number of rotatable bonds is 7. The van der Waals surface area contributed by atoms with E-state index >= 15 is 0 Å². The molecule has 2 heterocycles. The molecule has 0 aliphatic heterocycles. The summed E-state index contributed by atoms with van der Waals surface area (Å²) in [7, 11) is 0. The highest BCUT2D eigenvalue weighted by molar-refractivity contribution is 7.99. The molecule has 19 heavy (non-hydrogen) atoms. The summed E-state index contributed by atoms with van der Waals surface area (Å²) >= 11 is 7.85. The van der Waals surface area contributed by atoms with E-state index in [0.717, 1.165) is 42.1 Å². The van der Waals surface area contributed by atoms with Crippen LogP contribution in [0.15, 0.2) is 12.1 Å². The lowest BCUT2D eigenvalue weighted by atomic mass is 10.3. The molecule has 0 aliphatic rings. The summed E-state index contributed by atoms with van der Waals surface area (Å²) in [6.07, 6.45) is 1.95. The van der Waals surface area contributed by atoms with Crippen LogP contribution in [0.5, 0.6) is 0 Å². The van der Waals surface area contributed by atoms with Gasteiger partial charge in [0.15, 0.2) is 5.65 Å². The van der Waals surface area contributed by atoms with E-state index < -0.39 is 0 Å². The molecule has 0 spiro atoms. The zero-order valence-corrected chi connectivity index (χ0v) is 13.1. The number of hydrogen-bond donors (Lipinski definition) is 0. The Balaban J connectivity index is 2.25. The van der Waals surface area contributed by atoms with Crippen LogP contribution in [0.4, 0.5) is 0 Å². The summed E-state index contributed by atoms with van der Waals surface area (Å²) in [5.74, 6) is 4.02. The summed E-state index contributed by atoms with van der Waals surface area (Å²) < 4.78 is 2.24. The fourth-order valence-corrected chi connectivity index (χ4v) is 2.91. The first kappa shape index (κ1) is 14.7. The third-order valence-corrected chi connectivity index (χ3v) is 4.18. The number of alkyl halides is 1. The summed E-state index contributed by atoms with van der Waals surface area (Å²) in [5, 5.41) is 0. The van der Waals surface area contributed by atoms with Crippen LogP contribution in [-0.4, -0.2) is 31.9 Å². The minimum Gasteiger partial charge on any atom is -0.313 e. The predicted octanol–water partition coefficient (Wildman–Crippen LogP) is 3.66. The Labute approximate surface area is 123 Å². The zero-order valence-electron chi connectivity index (χ0n) is 11.5. The molecule has 0 saturated carbocycles. The van der Waals surface area contributed by atoms with Gasteiger partial charge in [0.25, 0.3) is 0 Å². The van der Waals surface area contributed by atoms with Crippen molar-refractivity contribution in [1.82, 2.24) is 14.5 Å². The molecule has 0 saturated heterocycles. The van der Waals surface area contributed by atoms with Crippen LogP contribution in [0.3, 0.4) is 0 Å². The second kappa shape index (κ2) is 7.15. The molecular weight excluding hydrogens is 278 g/mol. The van der Waals surface area contributed by atoms with E-state index in [-0.39, 0.29) is 0 Å². The monoisotopic (exact) mass is 297 g/mol. The zero-order chi connectivity index (χ0) is 13.7. The number of hydrogen-bond acceptors (Lipinski definition) is 3. The Morgan fingerprint density at radius 2 is 2.16 bits per heavy atom. The van der Waals surface area contributed by atoms with Gasteiger partial charge in [-0.3, -0.25) is 0 Å². The van der Waals surface area contributed by atoms with Gasteiger partial charge >= 0.3 is 0 Å². The van der Waals surface area contributed by atoms with Crippen molar-refractivity contribution < 1.29 is 0 Å². The molecular formula is C14H20ClN3S. The van der Waals surface area contributed by atoms with Crippen LogP contribution in [-0.2, 0) is 13.0 Å². The summed E-state index contributed by atoms with van der Waals surface area (Å²) in [6, 6.07) is 4.06. The molecule has 0 aromatic carbocycles. The first-order valence-corrected chi connectivity index (χ1v) is 8.41. The highest BCUT2D eigenvalue weighted by Crippen LogP contribution is 2.17. The highest BCUT2D eigenvalue weighted by atomic mass is 35.5. The van der Waals surface area contributed by atoms with E-state index in [4.69, 9.17) is 11.6 Å². The molecule has 0 unspecified atom stereocenters. The van der Waals surface area contributed by atoms with E-state index in [1.54, 1.807) is 0 Å². The SMILES string of the molecule is CCSCCCn1c(CCCl)nc2ccc(C)nc21. The number of aryl methyl sites for hydroxylation is 3. The second-order valence-corrected chi connectivity index (χ2v) is 6.24. The van der Waals surface area contributed by atoms with Crippen LogP contribution in [0, 0.1) is 6.92 Å². The maximum atomic E-state index is 5.87. The van der Waals surface area contributed by atoms with E-state index in [1.807, 2.05) is 30.8 Å². The van der Waals surface area contributed by atoms with Gasteiger partial charge in [-0.15, -0.1) is 11.6 Å². The van der Waals surface area contributed by atoms with Gasteiger partial charge in [-0.2, -0.15) is 11.8 Å². The summed E-state index contributed by atoms with van der Waals surface area (Å²) in [6.45, 7) is 5.19. The van der Waals surface area contributed by atoms with Gasteiger partial charge < -0.3 is 4.57 Å². The van der Waals surface area contributed by atoms with Crippen molar-refractivity contribution in [3.63, 3.8) is 0 Å². The molecule has 3 nitrogen and oxygen atoms in total. The van der Waals surface area contributed by atoms with Gasteiger partial charge in [0.1, 0.15) is 11.3 Å². The minimum atomic E-state index is 0.603. The number of nitrogens with zero attached hydrogens (tertiary/aromatic N) is 3. The topological polar surface area (TPSA) is 30.7 Å². The number of fused-ring (bicyclic) bond motifs is 1. The number of aromatic nitrogens is 3. The van der Waals surface area contributed by atoms with Gasteiger partial charge in [-0.25, -0.2) is 9.97 Å². The Kier molecular flexibility index (Phi) is 5.52. The Morgan fingerprint density at radius 1 is 1.32 bits per heavy atom. The quantitative estimate of drug-likeness (QED) is 0.577. The molecule has 0 radical (unpaired) electrons. The summed E-state index contributed by atoms with van der Waals surface area (Å²) in [5.41, 5.74) is 3.02. The summed E-state index contributed by atoms with van der Waals surface area (Å²) in [4.78, 5) is 9.28. The maximum Gasteiger partial charge on any atom is 0.160 e. The van der Waals surface area contributed by atoms with Crippen molar-refractivity contribution in [1.29, 1.82) is 0 Å². The second-order valence-electron chi connectivity index (χ2n) is 4.46. The third-order valence-electron chi connectivity index (χ3n) is 3.00. The Hall–Kier alpha value is -0.740. The molecule has 104 valence electrons. The Morgan fingerprint density at radius 3 is 2.89 bits per heavy atom. The predicted molar refractivity (Wildman–Crippen MR) is 84.3 cm³/mol. The van der Waals surface area contributed by atoms with Crippen molar-refractivity contribution in [3.05, 3.63) is 23.7 Å². The van der Waals surface area contributed by atoms with Crippen molar-refractivity contribution in [2.45, 2.75) is 33.2 Å². The molecule has 0 N–H and O–H groups in total. The van der Waals surface area contributed by atoms with Crippen LogP contribution >= 0.6 is 23.4 Å². The lowest BCUT2D eigenvalue weighted by Gasteiger charge is -2.07. The third kappa shape index (κ3) is 3.63. The molecule has 0 bridgehead atoms. The van der Waals surface area contributed by atoms with E-state index in [2.05, 4.69) is 21.5 Å². The molecule has 2 aromatic heterocycles. The molecule has 2 aromatic rings. The highest BCUT2D eigenvalue weighted by Gasteiger charge is 2.11. The fraction of sp³-hybridized carbons (Fsp3) is 0.571. The van der Waals surface area contributed by atoms with Gasteiger partial charge in [0, 0.05) is 24.5 Å². The van der Waals surface area contributed by atoms with E-state index in [0.29, 0.717) is 5.88 Å². The lowest BCUT2D eigenvalue weighted by molar-refractivity contribution is 0.659. The number of imidazole rings is 1. The fourth-order valence-electron chi connectivity index (χ4n) is 2.12. The molecule has 0 fully saturated rings. The molecule has 0 amide bonds. The van der Waals surface area contributed by atoms with Crippen molar-refractivity contribution in [2.75, 3.05) is 17.4 Å². The minimum absolute atomic E-state index is 0.603. The number of halogens is 1. The normalized spacial score (nSPS) is 11.3. The number of pyridine rings is 1. The standard InChI is InChI=1S/C14H20ClN3S/c1-3-19-10-4-9-18-13(7-8-15)17-12-6-5-11(2)16-14(12)18/h5-6H,3-4,7-10H2,1-2H3. The van der Waals surface area contributed by atoms with Gasteiger partial charge in [0.05, 0.1) is 0 Å². The lowest BCUT2D eigenvalue weighted by Crippen LogP contribution is -2.06. The van der Waals surface area contributed by atoms with E-state index in [9.17, 15) is 0 Å². The number of thioether (sulfide) groups is 1. The Bertz CT molecular complexity index is 539. The average molecular weight is 298 g/mol. The van der Waals surface area contributed by atoms with Crippen LogP contribution in [0.25, 0.3) is 11.2 Å². The van der Waals surface area contributed by atoms with E-state index in [1.165, 1.54) is 11.5 Å². The maximum absolute atomic E-state index is 5.87. The van der Waals surface area contributed by atoms with Gasteiger partial charge in [-0.1, -0.05) is 6.92 Å². The first-order valence-electron chi connectivity index (χ1n) is 6.72. The molecule has 0 atom stereocenters. The van der Waals surface area contributed by atoms with Crippen LogP contribution in [0.2, 0.25) is 0 Å². The van der Waals surface area contributed by atoms with Crippen molar-refractivity contribution in [3.8, 4) is 0 Å². The van der Waals surface area contributed by atoms with Crippen LogP contribution < -0.4 is 0 Å². The molecule has 5 heteroatoms. The molecule has 0 aliphatic carbocycles. The van der Waals surface area contributed by atoms with Crippen LogP contribution in [0.1, 0.15) is 24.9 Å². The molecule has 2 rings (SSSR count). The van der Waals surface area contributed by atoms with Crippen molar-refractivity contribution in [2.24, 2.45) is 0 Å². The smallest absolute Gasteiger partial charge is 0.160 e. The first-order chi connectivity index (χ1) is 9.26. The largest absolute Gasteiger partial charge is 0.313 e. The van der Waals surface area contributed by atoms with Gasteiger partial charge in [-0.05, 0) is 37.0 Å². The van der Waals surface area contributed by atoms with Gasteiger partial charge in [0.2, 0.25) is 0 Å².